The molecule has 0 radical (unpaired) electrons. The number of rotatable bonds is 10. The van der Waals surface area contributed by atoms with E-state index < -0.39 is 15.6 Å². The third kappa shape index (κ3) is 6.02. The van der Waals surface area contributed by atoms with E-state index in [0.29, 0.717) is 18.2 Å². The minimum atomic E-state index is -5.27. The van der Waals surface area contributed by atoms with Crippen molar-refractivity contribution in [2.75, 3.05) is 18.1 Å². The number of phosphoric acid groups is 2. The summed E-state index contributed by atoms with van der Waals surface area (Å²) in [5.74, 6) is 0.983. The number of hydrogen-bond acceptors (Lipinski definition) is 13. The summed E-state index contributed by atoms with van der Waals surface area (Å²) in [6, 6.07) is 0. The molecule has 0 aromatic carbocycles. The van der Waals surface area contributed by atoms with Gasteiger partial charge in [-0.2, -0.15) is 8.88 Å². The summed E-state index contributed by atoms with van der Waals surface area (Å²) in [5.41, 5.74) is 15.3. The van der Waals surface area contributed by atoms with Crippen molar-refractivity contribution in [3.63, 3.8) is 0 Å². The first-order valence-electron chi connectivity index (χ1n) is 10.1. The fourth-order valence-electron chi connectivity index (χ4n) is 3.11. The molecule has 4 aromatic rings. The second-order valence-electron chi connectivity index (χ2n) is 7.37. The van der Waals surface area contributed by atoms with Crippen LogP contribution in [-0.4, -0.2) is 46.0 Å². The highest BCUT2D eigenvalue weighted by Gasteiger charge is 2.39. The van der Waals surface area contributed by atoms with E-state index in [4.69, 9.17) is 20.6 Å². The molecule has 6 N–H and O–H groups in total. The molecular weight excluding hydrogens is 536 g/mol. The minimum Gasteiger partial charge on any atom is -0.383 e. The Hall–Kier alpha value is -3.04. The minimum absolute atomic E-state index is 0.00450. The van der Waals surface area contributed by atoms with Crippen LogP contribution >= 0.6 is 27.0 Å². The standard InChI is InChI=1S/C17H21N9O7P2S/c1-10-13(36-9-25(10)6-12-5-20-11(2)24-15(12)18)3-4-31-35(30,33-34(27,28)29)32-26-8-23-14-16(19)21-7-22-17(14)26/h5,7-9H,3-4,6H2,1-2H3,(H5-,18,19,20,21,22,24,27,28,29)/p+1. The van der Waals surface area contributed by atoms with Crippen LogP contribution in [0.5, 0.6) is 0 Å². The number of nitrogen functional groups attached to an aromatic ring is 2. The summed E-state index contributed by atoms with van der Waals surface area (Å²) in [5, 5.41) is 0. The Morgan fingerprint density at radius 1 is 1.14 bits per heavy atom. The molecule has 0 saturated heterocycles. The molecule has 0 amide bonds. The number of thiazole rings is 1. The monoisotopic (exact) mass is 558 g/mol. The van der Waals surface area contributed by atoms with Crippen LogP contribution in [0.3, 0.4) is 0 Å². The van der Waals surface area contributed by atoms with E-state index in [1.165, 1.54) is 11.3 Å². The average molecular weight is 558 g/mol. The van der Waals surface area contributed by atoms with E-state index in [1.807, 2.05) is 17.0 Å². The van der Waals surface area contributed by atoms with Gasteiger partial charge in [-0.3, -0.25) is 4.52 Å². The Morgan fingerprint density at radius 3 is 2.64 bits per heavy atom. The molecule has 0 aliphatic rings. The zero-order chi connectivity index (χ0) is 26.1. The van der Waals surface area contributed by atoms with Crippen molar-refractivity contribution in [2.24, 2.45) is 0 Å². The number of anilines is 2. The van der Waals surface area contributed by atoms with Gasteiger partial charge in [0.15, 0.2) is 23.6 Å². The fraction of sp³-hybridized carbons (Fsp3) is 0.294. The zero-order valence-electron chi connectivity index (χ0n) is 19.0. The topological polar surface area (TPSA) is 228 Å². The Balaban J connectivity index is 1.47. The van der Waals surface area contributed by atoms with Crippen LogP contribution in [0.1, 0.15) is 22.0 Å². The maximum atomic E-state index is 13.1. The molecule has 0 aliphatic heterocycles. The van der Waals surface area contributed by atoms with Crippen LogP contribution in [0.4, 0.5) is 11.6 Å². The summed E-state index contributed by atoms with van der Waals surface area (Å²) in [7, 11) is -10.1. The number of fused-ring (bicyclic) bond motifs is 1. The SMILES string of the molecule is Cc1ncc(C[n+]2csc(CCOP(=O)(On3cnc4c(N)ncnc43)OP(=O)(O)O)c2C)c(N)n1. The largest absolute Gasteiger partial charge is 0.558 e. The van der Waals surface area contributed by atoms with Crippen molar-refractivity contribution in [1.29, 1.82) is 0 Å². The molecular formula is C17H22N9O7P2S+. The predicted octanol–water partition coefficient (Wildman–Crippen LogP) is 0.700. The molecule has 4 heterocycles. The van der Waals surface area contributed by atoms with Gasteiger partial charge in [0.1, 0.15) is 24.3 Å². The number of imidazole rings is 1. The quantitative estimate of drug-likeness (QED) is 0.155. The molecule has 192 valence electrons. The van der Waals surface area contributed by atoms with Crippen molar-refractivity contribution in [3.8, 4) is 0 Å². The third-order valence-corrected chi connectivity index (χ3v) is 8.49. The first-order chi connectivity index (χ1) is 16.9. The molecule has 16 nitrogen and oxygen atoms in total. The van der Waals surface area contributed by atoms with Crippen LogP contribution < -0.4 is 20.7 Å². The van der Waals surface area contributed by atoms with Gasteiger partial charge in [0.05, 0.1) is 17.0 Å². The first kappa shape index (κ1) is 26.0. The molecule has 0 fully saturated rings. The van der Waals surface area contributed by atoms with Gasteiger partial charge in [0.2, 0.25) is 11.2 Å². The molecule has 0 aliphatic carbocycles. The first-order valence-corrected chi connectivity index (χ1v) is 14.0. The zero-order valence-corrected chi connectivity index (χ0v) is 21.6. The summed E-state index contributed by atoms with van der Waals surface area (Å²) < 4.78 is 42.0. The molecule has 0 spiro atoms. The Labute approximate surface area is 207 Å². The summed E-state index contributed by atoms with van der Waals surface area (Å²) >= 11 is 1.41. The average Bonchev–Trinajstić information content (AvgIpc) is 3.33. The number of aromatic nitrogens is 7. The highest BCUT2D eigenvalue weighted by molar-refractivity contribution is 7.61. The lowest BCUT2D eigenvalue weighted by Gasteiger charge is -2.18. The second kappa shape index (κ2) is 10.1. The van der Waals surface area contributed by atoms with Crippen LogP contribution in [0, 0.1) is 13.8 Å². The van der Waals surface area contributed by atoms with E-state index in [0.717, 1.165) is 33.5 Å². The smallest absolute Gasteiger partial charge is 0.383 e. The molecule has 36 heavy (non-hydrogen) atoms. The maximum Gasteiger partial charge on any atom is 0.558 e. The van der Waals surface area contributed by atoms with Gasteiger partial charge in [-0.05, 0) is 6.92 Å². The van der Waals surface area contributed by atoms with Crippen molar-refractivity contribution in [2.45, 2.75) is 26.8 Å². The van der Waals surface area contributed by atoms with Crippen molar-refractivity contribution in [3.05, 3.63) is 46.3 Å². The Morgan fingerprint density at radius 2 is 1.92 bits per heavy atom. The van der Waals surface area contributed by atoms with E-state index in [9.17, 15) is 18.9 Å². The molecule has 0 saturated carbocycles. The van der Waals surface area contributed by atoms with E-state index >= 15 is 0 Å². The van der Waals surface area contributed by atoms with Crippen LogP contribution in [0.25, 0.3) is 11.2 Å². The van der Waals surface area contributed by atoms with Gasteiger partial charge in [-0.25, -0.2) is 34.0 Å². The lowest BCUT2D eigenvalue weighted by molar-refractivity contribution is -0.689. The van der Waals surface area contributed by atoms with Crippen molar-refractivity contribution < 1.29 is 36.9 Å². The Kier molecular flexibility index (Phi) is 7.33. The Bertz CT molecular complexity index is 1510. The number of hydrogen-bond donors (Lipinski definition) is 4. The van der Waals surface area contributed by atoms with Gasteiger partial charge in [0, 0.05) is 19.5 Å². The van der Waals surface area contributed by atoms with E-state index in [-0.39, 0.29) is 30.0 Å². The molecule has 1 unspecified atom stereocenters. The number of aryl methyl sites for hydroxylation is 1. The van der Waals surface area contributed by atoms with Gasteiger partial charge < -0.3 is 25.9 Å². The van der Waals surface area contributed by atoms with Gasteiger partial charge in [-0.15, -0.1) is 4.73 Å². The molecule has 19 heteroatoms. The molecule has 4 aromatic heterocycles. The van der Waals surface area contributed by atoms with Crippen LogP contribution in [-0.2, 0) is 30.9 Å². The maximum absolute atomic E-state index is 13.1. The molecule has 4 rings (SSSR count). The van der Waals surface area contributed by atoms with E-state index in [2.05, 4.69) is 29.2 Å². The number of nitrogens with zero attached hydrogens (tertiary/aromatic N) is 7. The summed E-state index contributed by atoms with van der Waals surface area (Å²) in [6.45, 7) is 3.81. The highest BCUT2D eigenvalue weighted by atomic mass is 32.1. The lowest BCUT2D eigenvalue weighted by Crippen LogP contribution is -2.35. The highest BCUT2D eigenvalue weighted by Crippen LogP contribution is 2.59. The lowest BCUT2D eigenvalue weighted by atomic mass is 10.2. The van der Waals surface area contributed by atoms with Crippen molar-refractivity contribution in [1.82, 2.24) is 29.7 Å². The predicted molar refractivity (Wildman–Crippen MR) is 126 cm³/mol. The summed E-state index contributed by atoms with van der Waals surface area (Å²) in [6.07, 6.45) is 4.05. The summed E-state index contributed by atoms with van der Waals surface area (Å²) in [4.78, 5) is 39.3. The van der Waals surface area contributed by atoms with Crippen molar-refractivity contribution >= 4 is 49.8 Å². The molecule has 1 atom stereocenters. The van der Waals surface area contributed by atoms with Crippen LogP contribution in [0.15, 0.2) is 24.4 Å². The molecule has 0 bridgehead atoms. The third-order valence-electron chi connectivity index (χ3n) is 4.82. The fourth-order valence-corrected chi connectivity index (χ4v) is 6.13. The van der Waals surface area contributed by atoms with Gasteiger partial charge in [0.25, 0.3) is 0 Å². The normalized spacial score (nSPS) is 13.7. The van der Waals surface area contributed by atoms with Gasteiger partial charge >= 0.3 is 15.6 Å². The van der Waals surface area contributed by atoms with Gasteiger partial charge in [-0.1, -0.05) is 11.3 Å². The van der Waals surface area contributed by atoms with Crippen LogP contribution in [0.2, 0.25) is 0 Å². The second-order valence-corrected chi connectivity index (χ2v) is 11.3. The van der Waals surface area contributed by atoms with E-state index in [1.54, 1.807) is 13.1 Å². The number of nitrogens with two attached hydrogens (primary N) is 2.